The van der Waals surface area contributed by atoms with Crippen LogP contribution in [-0.4, -0.2) is 57.3 Å². The highest BCUT2D eigenvalue weighted by atomic mass is 32.2. The fourth-order valence-electron chi connectivity index (χ4n) is 3.13. The summed E-state index contributed by atoms with van der Waals surface area (Å²) in [5.41, 5.74) is 1.06. The molecule has 0 atom stereocenters. The van der Waals surface area contributed by atoms with Crippen molar-refractivity contribution in [1.29, 1.82) is 0 Å². The van der Waals surface area contributed by atoms with Crippen molar-refractivity contribution in [2.45, 2.75) is 17.8 Å². The van der Waals surface area contributed by atoms with Crippen LogP contribution in [0.2, 0.25) is 0 Å². The minimum atomic E-state index is -4.97. The van der Waals surface area contributed by atoms with Crippen LogP contribution in [0.25, 0.3) is 0 Å². The summed E-state index contributed by atoms with van der Waals surface area (Å²) in [5, 5.41) is 0. The number of piperazine rings is 1. The van der Waals surface area contributed by atoms with Gasteiger partial charge in [0.1, 0.15) is 16.4 Å². The molecule has 0 spiro atoms. The molecule has 1 heterocycles. The standard InChI is InChI=1S/C19H21F3N2O4S/c1-27-16-8-6-15(7-9-16)14-23-10-12-24(13-11-23)29(25,26)18-5-3-2-4-17(18)28-19(20,21)22/h2-9H,10-14H2,1H3. The van der Waals surface area contributed by atoms with Gasteiger partial charge in [0, 0.05) is 32.7 Å². The van der Waals surface area contributed by atoms with Crippen LogP contribution in [0.1, 0.15) is 5.56 Å². The van der Waals surface area contributed by atoms with Crippen LogP contribution in [0.15, 0.2) is 53.4 Å². The number of rotatable bonds is 6. The zero-order chi connectivity index (χ0) is 21.1. The van der Waals surface area contributed by atoms with Crippen LogP contribution in [0.5, 0.6) is 11.5 Å². The number of sulfonamides is 1. The monoisotopic (exact) mass is 430 g/mol. The van der Waals surface area contributed by atoms with E-state index in [1.807, 2.05) is 24.3 Å². The van der Waals surface area contributed by atoms with E-state index >= 15 is 0 Å². The maximum Gasteiger partial charge on any atom is 0.573 e. The number of nitrogens with zero attached hydrogens (tertiary/aromatic N) is 2. The first-order chi connectivity index (χ1) is 13.7. The highest BCUT2D eigenvalue weighted by Crippen LogP contribution is 2.31. The minimum Gasteiger partial charge on any atom is -0.497 e. The molecule has 1 saturated heterocycles. The normalized spacial score (nSPS) is 16.6. The average Bonchev–Trinajstić information content (AvgIpc) is 2.68. The highest BCUT2D eigenvalue weighted by molar-refractivity contribution is 7.89. The third kappa shape index (κ3) is 5.40. The Labute approximate surface area is 167 Å². The molecule has 29 heavy (non-hydrogen) atoms. The predicted octanol–water partition coefficient (Wildman–Crippen LogP) is 3.10. The van der Waals surface area contributed by atoms with E-state index in [9.17, 15) is 21.6 Å². The smallest absolute Gasteiger partial charge is 0.497 e. The van der Waals surface area contributed by atoms with Crippen LogP contribution < -0.4 is 9.47 Å². The molecule has 2 aromatic carbocycles. The molecule has 6 nitrogen and oxygen atoms in total. The number of halogens is 3. The summed E-state index contributed by atoms with van der Waals surface area (Å²) in [5.74, 6) is 0.0325. The lowest BCUT2D eigenvalue weighted by Crippen LogP contribution is -2.48. The van der Waals surface area contributed by atoms with Crippen molar-refractivity contribution in [2.24, 2.45) is 0 Å². The molecule has 0 N–H and O–H groups in total. The van der Waals surface area contributed by atoms with Gasteiger partial charge in [0.05, 0.1) is 7.11 Å². The number of hydrogen-bond donors (Lipinski definition) is 0. The fourth-order valence-corrected chi connectivity index (χ4v) is 4.67. The number of alkyl halides is 3. The molecule has 1 aliphatic rings. The van der Waals surface area contributed by atoms with Gasteiger partial charge < -0.3 is 9.47 Å². The first-order valence-electron chi connectivity index (χ1n) is 8.89. The maximum absolute atomic E-state index is 12.9. The number of benzene rings is 2. The second kappa shape index (κ2) is 8.60. The van der Waals surface area contributed by atoms with Crippen molar-refractivity contribution in [3.8, 4) is 11.5 Å². The predicted molar refractivity (Wildman–Crippen MR) is 100 cm³/mol. The summed E-state index contributed by atoms with van der Waals surface area (Å²) < 4.78 is 73.8. The molecule has 0 amide bonds. The van der Waals surface area contributed by atoms with E-state index < -0.39 is 27.0 Å². The van der Waals surface area contributed by atoms with E-state index in [2.05, 4.69) is 9.64 Å². The third-order valence-electron chi connectivity index (χ3n) is 4.59. The lowest BCUT2D eigenvalue weighted by Gasteiger charge is -2.34. The molecule has 0 bridgehead atoms. The summed E-state index contributed by atoms with van der Waals surface area (Å²) in [6.07, 6.45) is -4.97. The Morgan fingerprint density at radius 1 is 0.966 bits per heavy atom. The van der Waals surface area contributed by atoms with Crippen LogP contribution in [-0.2, 0) is 16.6 Å². The lowest BCUT2D eigenvalue weighted by molar-refractivity contribution is -0.275. The van der Waals surface area contributed by atoms with Crippen molar-refractivity contribution in [3.05, 3.63) is 54.1 Å². The number of hydrogen-bond acceptors (Lipinski definition) is 5. The van der Waals surface area contributed by atoms with Gasteiger partial charge in [-0.1, -0.05) is 24.3 Å². The van der Waals surface area contributed by atoms with Crippen molar-refractivity contribution >= 4 is 10.0 Å². The molecule has 2 aromatic rings. The molecule has 0 aromatic heterocycles. The van der Waals surface area contributed by atoms with Gasteiger partial charge in [-0.3, -0.25) is 4.90 Å². The number of para-hydroxylation sites is 1. The largest absolute Gasteiger partial charge is 0.573 e. The number of ether oxygens (including phenoxy) is 2. The molecule has 0 unspecified atom stereocenters. The van der Waals surface area contributed by atoms with E-state index in [-0.39, 0.29) is 13.1 Å². The first kappa shape index (κ1) is 21.4. The maximum atomic E-state index is 12.9. The Morgan fingerprint density at radius 3 is 2.17 bits per heavy atom. The Bertz CT molecular complexity index is 925. The Balaban J connectivity index is 1.67. The number of methoxy groups -OCH3 is 1. The van der Waals surface area contributed by atoms with Crippen molar-refractivity contribution in [1.82, 2.24) is 9.21 Å². The lowest BCUT2D eigenvalue weighted by atomic mass is 10.2. The van der Waals surface area contributed by atoms with Crippen LogP contribution in [0, 0.1) is 0 Å². The molecule has 0 saturated carbocycles. The summed E-state index contributed by atoms with van der Waals surface area (Å²) in [4.78, 5) is 1.60. The van der Waals surface area contributed by atoms with E-state index in [1.54, 1.807) is 7.11 Å². The molecule has 3 rings (SSSR count). The minimum absolute atomic E-state index is 0.179. The molecule has 0 radical (unpaired) electrons. The van der Waals surface area contributed by atoms with Crippen LogP contribution in [0.3, 0.4) is 0 Å². The van der Waals surface area contributed by atoms with Gasteiger partial charge in [0.25, 0.3) is 0 Å². The van der Waals surface area contributed by atoms with Crippen molar-refractivity contribution in [2.75, 3.05) is 33.3 Å². The summed E-state index contributed by atoms with van der Waals surface area (Å²) >= 11 is 0. The van der Waals surface area contributed by atoms with Gasteiger partial charge >= 0.3 is 6.36 Å². The molecule has 1 fully saturated rings. The zero-order valence-electron chi connectivity index (χ0n) is 15.7. The average molecular weight is 430 g/mol. The van der Waals surface area contributed by atoms with Gasteiger partial charge in [-0.15, -0.1) is 13.2 Å². The third-order valence-corrected chi connectivity index (χ3v) is 6.53. The van der Waals surface area contributed by atoms with E-state index in [1.165, 1.54) is 16.4 Å². The quantitative estimate of drug-likeness (QED) is 0.705. The summed E-state index contributed by atoms with van der Waals surface area (Å²) in [7, 11) is -2.52. The van der Waals surface area contributed by atoms with E-state index in [0.717, 1.165) is 23.4 Å². The van der Waals surface area contributed by atoms with Crippen LogP contribution in [0.4, 0.5) is 13.2 Å². The first-order valence-corrected chi connectivity index (χ1v) is 10.3. The molecular formula is C19H21F3N2O4S. The fraction of sp³-hybridized carbons (Fsp3) is 0.368. The van der Waals surface area contributed by atoms with E-state index in [0.29, 0.717) is 19.6 Å². The van der Waals surface area contributed by atoms with Crippen molar-refractivity contribution < 1.29 is 31.1 Å². The molecule has 0 aliphatic carbocycles. The second-order valence-corrected chi connectivity index (χ2v) is 8.43. The molecule has 10 heteroatoms. The summed E-state index contributed by atoms with van der Waals surface area (Å²) in [6, 6.07) is 12.4. The molecule has 1 aliphatic heterocycles. The zero-order valence-corrected chi connectivity index (χ0v) is 16.5. The van der Waals surface area contributed by atoms with Crippen LogP contribution >= 0.6 is 0 Å². The Morgan fingerprint density at radius 2 is 1.59 bits per heavy atom. The SMILES string of the molecule is COc1ccc(CN2CCN(S(=O)(=O)c3ccccc3OC(F)(F)F)CC2)cc1. The van der Waals surface area contributed by atoms with Gasteiger partial charge in [0.15, 0.2) is 0 Å². The van der Waals surface area contributed by atoms with Gasteiger partial charge in [-0.05, 0) is 29.8 Å². The Hall–Kier alpha value is -2.30. The highest BCUT2D eigenvalue weighted by Gasteiger charge is 2.36. The van der Waals surface area contributed by atoms with Crippen molar-refractivity contribution in [3.63, 3.8) is 0 Å². The molecule has 158 valence electrons. The second-order valence-electron chi connectivity index (χ2n) is 6.52. The molecular weight excluding hydrogens is 409 g/mol. The van der Waals surface area contributed by atoms with Gasteiger partial charge in [-0.25, -0.2) is 8.42 Å². The van der Waals surface area contributed by atoms with Gasteiger partial charge in [-0.2, -0.15) is 4.31 Å². The Kier molecular flexibility index (Phi) is 6.35. The van der Waals surface area contributed by atoms with Gasteiger partial charge in [0.2, 0.25) is 10.0 Å². The van der Waals surface area contributed by atoms with E-state index in [4.69, 9.17) is 4.74 Å². The summed E-state index contributed by atoms with van der Waals surface area (Å²) in [6.45, 7) is 1.93. The topological polar surface area (TPSA) is 59.1 Å².